The number of hydrogen-bond acceptors (Lipinski definition) is 4. The van der Waals surface area contributed by atoms with E-state index in [1.54, 1.807) is 0 Å². The van der Waals surface area contributed by atoms with Crippen LogP contribution in [-0.2, 0) is 14.3 Å². The van der Waals surface area contributed by atoms with E-state index in [4.69, 9.17) is 10.5 Å². The molecule has 0 radical (unpaired) electrons. The van der Waals surface area contributed by atoms with Gasteiger partial charge in [0.2, 0.25) is 11.8 Å². The third-order valence-electron chi connectivity index (χ3n) is 9.84. The van der Waals surface area contributed by atoms with Crippen LogP contribution < -0.4 is 11.1 Å². The fourth-order valence-electron chi connectivity index (χ4n) is 6.97. The smallest absolute Gasteiger partial charge is 0.225 e. The first-order chi connectivity index (χ1) is 21.0. The van der Waals surface area contributed by atoms with E-state index >= 15 is 0 Å². The van der Waals surface area contributed by atoms with Crippen LogP contribution in [0.2, 0.25) is 0 Å². The van der Waals surface area contributed by atoms with Crippen LogP contribution in [-0.4, -0.2) is 67.5 Å². The maximum absolute atomic E-state index is 13.4. The van der Waals surface area contributed by atoms with Gasteiger partial charge in [-0.1, -0.05) is 90.7 Å². The summed E-state index contributed by atoms with van der Waals surface area (Å²) in [5.74, 6) is -0.287. The fraction of sp³-hybridized carbons (Fsp3) is 0.892. The van der Waals surface area contributed by atoms with Crippen LogP contribution in [0.3, 0.4) is 0 Å². The van der Waals surface area contributed by atoms with E-state index in [1.807, 2.05) is 13.8 Å². The molecule has 7 nitrogen and oxygen atoms in total. The zero-order chi connectivity index (χ0) is 32.8. The Balaban J connectivity index is 2.31. The number of hydrogen-bond donors (Lipinski definition) is 3. The van der Waals surface area contributed by atoms with E-state index < -0.39 is 12.3 Å². The molecule has 2 amide bonds. The van der Waals surface area contributed by atoms with Crippen LogP contribution in [0.25, 0.3) is 0 Å². The number of allylic oxidation sites excluding steroid dienone is 2. The second kappa shape index (κ2) is 23.8. The van der Waals surface area contributed by atoms with E-state index in [0.29, 0.717) is 37.7 Å². The molecule has 1 aliphatic heterocycles. The van der Waals surface area contributed by atoms with Gasteiger partial charge >= 0.3 is 0 Å². The number of nitrogens with zero attached hydrogens (tertiary/aromatic N) is 1. The normalized spacial score (nSPS) is 20.9. The van der Waals surface area contributed by atoms with Crippen LogP contribution in [0.15, 0.2) is 12.2 Å². The summed E-state index contributed by atoms with van der Waals surface area (Å²) in [4.78, 5) is 25.5. The predicted octanol–water partition coefficient (Wildman–Crippen LogP) is 7.50. The van der Waals surface area contributed by atoms with Crippen molar-refractivity contribution in [2.24, 2.45) is 29.4 Å². The fourth-order valence-corrected chi connectivity index (χ4v) is 6.97. The highest BCUT2D eigenvalue weighted by atomic mass is 16.5. The van der Waals surface area contributed by atoms with E-state index in [0.717, 1.165) is 36.8 Å². The number of ether oxygens (including phenoxy) is 1. The molecule has 6 atom stereocenters. The Labute approximate surface area is 271 Å². The second-order valence-corrected chi connectivity index (χ2v) is 14.4. The zero-order valence-electron chi connectivity index (χ0n) is 29.7. The molecule has 44 heavy (non-hydrogen) atoms. The number of rotatable bonds is 27. The van der Waals surface area contributed by atoms with E-state index in [9.17, 15) is 14.7 Å². The molecule has 258 valence electrons. The number of quaternary nitrogens is 1. The number of aliphatic hydroxyl groups excluding tert-OH is 1. The number of primary amides is 1. The number of carbonyl (C=O) groups is 2. The molecule has 0 aromatic heterocycles. The van der Waals surface area contributed by atoms with Gasteiger partial charge in [0.25, 0.3) is 0 Å². The van der Waals surface area contributed by atoms with Crippen molar-refractivity contribution in [3.8, 4) is 0 Å². The van der Waals surface area contributed by atoms with Gasteiger partial charge in [0.15, 0.2) is 6.23 Å². The number of amides is 2. The average molecular weight is 623 g/mol. The van der Waals surface area contributed by atoms with Crippen LogP contribution in [0.1, 0.15) is 143 Å². The monoisotopic (exact) mass is 623 g/mol. The first-order valence-electron chi connectivity index (χ1n) is 18.4. The van der Waals surface area contributed by atoms with Gasteiger partial charge in [-0.15, -0.1) is 0 Å². The summed E-state index contributed by atoms with van der Waals surface area (Å²) < 4.78 is 6.84. The number of nitrogens with one attached hydrogen (secondary N) is 1. The first kappa shape index (κ1) is 40.6. The van der Waals surface area contributed by atoms with Crippen LogP contribution in [0.5, 0.6) is 0 Å². The first-order valence-corrected chi connectivity index (χ1v) is 18.4. The van der Waals surface area contributed by atoms with Gasteiger partial charge in [0.1, 0.15) is 0 Å². The molecule has 7 heteroatoms. The molecule has 0 bridgehead atoms. The van der Waals surface area contributed by atoms with Crippen molar-refractivity contribution in [1.29, 1.82) is 0 Å². The second-order valence-electron chi connectivity index (χ2n) is 14.4. The standard InChI is InChI=1S/C37H71N3O4/c1-7-10-11-12-13-14-15-16-17-18-19-20-21-22-23-24-25-44-30(4)36(42)39-37(43)33(26-31(8-2)35(38)41)27-34-29-40(5,6)28-32(34)9-3/h16-17,30-34,36,42H,7-15,18-29H2,1-6H3,(H2-,38,39,41,43)/p+1/b17-16+. The summed E-state index contributed by atoms with van der Waals surface area (Å²) >= 11 is 0. The van der Waals surface area contributed by atoms with Gasteiger partial charge in [-0.2, -0.15) is 0 Å². The SMILES string of the molecule is CCCCCCCC/C=C/CCCCCCCCOC(C)C(O)NC(=O)C(CC(CC)C(N)=O)CC1C[N+](C)(C)CC1CC. The molecule has 0 spiro atoms. The van der Waals surface area contributed by atoms with Crippen molar-refractivity contribution in [3.63, 3.8) is 0 Å². The molecule has 1 rings (SSSR count). The lowest BCUT2D eigenvalue weighted by atomic mass is 9.80. The van der Waals surface area contributed by atoms with Crippen LogP contribution in [0.4, 0.5) is 0 Å². The molecular weight excluding hydrogens is 550 g/mol. The minimum atomic E-state index is -1.08. The average Bonchev–Trinajstić information content (AvgIpc) is 3.29. The number of carbonyl (C=O) groups excluding carboxylic acids is 2. The van der Waals surface area contributed by atoms with Gasteiger partial charge in [-0.3, -0.25) is 9.59 Å². The van der Waals surface area contributed by atoms with Crippen molar-refractivity contribution < 1.29 is 23.9 Å². The summed E-state index contributed by atoms with van der Waals surface area (Å²) in [5, 5.41) is 13.6. The molecule has 0 aliphatic carbocycles. The minimum absolute atomic E-state index is 0.197. The van der Waals surface area contributed by atoms with Gasteiger partial charge in [-0.25, -0.2) is 0 Å². The summed E-state index contributed by atoms with van der Waals surface area (Å²) in [7, 11) is 4.49. The van der Waals surface area contributed by atoms with Gasteiger partial charge < -0.3 is 25.4 Å². The molecule has 1 heterocycles. The topological polar surface area (TPSA) is 102 Å². The Morgan fingerprint density at radius 1 is 0.864 bits per heavy atom. The third-order valence-corrected chi connectivity index (χ3v) is 9.84. The molecule has 1 fully saturated rings. The molecular formula is C37H72N3O4+. The van der Waals surface area contributed by atoms with Crippen molar-refractivity contribution in [3.05, 3.63) is 12.2 Å². The summed E-state index contributed by atoms with van der Waals surface area (Å²) in [6, 6.07) is 0. The van der Waals surface area contributed by atoms with Gasteiger partial charge in [-0.05, 0) is 64.7 Å². The molecule has 4 N–H and O–H groups in total. The molecule has 6 unspecified atom stereocenters. The number of likely N-dealkylation sites (tertiary alicyclic amines) is 1. The highest BCUT2D eigenvalue weighted by Crippen LogP contribution is 2.35. The Morgan fingerprint density at radius 2 is 1.41 bits per heavy atom. The minimum Gasteiger partial charge on any atom is -0.374 e. The third kappa shape index (κ3) is 17.9. The maximum atomic E-state index is 13.4. The summed E-state index contributed by atoms with van der Waals surface area (Å²) in [6.45, 7) is 10.9. The zero-order valence-corrected chi connectivity index (χ0v) is 29.7. The lowest BCUT2D eigenvalue weighted by Crippen LogP contribution is -2.47. The molecule has 0 saturated carbocycles. The molecule has 1 aliphatic rings. The Morgan fingerprint density at radius 3 is 1.95 bits per heavy atom. The number of unbranched alkanes of at least 4 members (excludes halogenated alkanes) is 12. The van der Waals surface area contributed by atoms with Crippen molar-refractivity contribution in [2.75, 3.05) is 33.8 Å². The maximum Gasteiger partial charge on any atom is 0.225 e. The van der Waals surface area contributed by atoms with E-state index in [1.165, 1.54) is 77.0 Å². The Kier molecular flexibility index (Phi) is 22.0. The van der Waals surface area contributed by atoms with E-state index in [2.05, 4.69) is 45.4 Å². The Bertz CT molecular complexity index is 787. The van der Waals surface area contributed by atoms with Gasteiger partial charge in [0.05, 0.1) is 33.3 Å². The largest absolute Gasteiger partial charge is 0.374 e. The van der Waals surface area contributed by atoms with Crippen LogP contribution in [0, 0.1) is 23.7 Å². The summed E-state index contributed by atoms with van der Waals surface area (Å²) in [6.07, 6.45) is 23.7. The highest BCUT2D eigenvalue weighted by molar-refractivity contribution is 5.81. The van der Waals surface area contributed by atoms with E-state index in [-0.39, 0.29) is 23.7 Å². The van der Waals surface area contributed by atoms with Crippen molar-refractivity contribution in [1.82, 2.24) is 5.32 Å². The number of aliphatic hydroxyl groups is 1. The number of nitrogens with two attached hydrogens (primary N) is 1. The summed E-state index contributed by atoms with van der Waals surface area (Å²) in [5.41, 5.74) is 5.66. The quantitative estimate of drug-likeness (QED) is 0.0382. The Hall–Kier alpha value is -1.44. The molecule has 0 aromatic rings. The van der Waals surface area contributed by atoms with Crippen molar-refractivity contribution in [2.45, 2.75) is 156 Å². The van der Waals surface area contributed by atoms with Crippen LogP contribution >= 0.6 is 0 Å². The lowest BCUT2D eigenvalue weighted by Gasteiger charge is -2.28. The van der Waals surface area contributed by atoms with Crippen molar-refractivity contribution >= 4 is 11.8 Å². The molecule has 0 aromatic carbocycles. The predicted molar refractivity (Wildman–Crippen MR) is 184 cm³/mol. The lowest BCUT2D eigenvalue weighted by molar-refractivity contribution is -0.880. The molecule has 1 saturated heterocycles. The van der Waals surface area contributed by atoms with Gasteiger partial charge in [0, 0.05) is 30.3 Å². The highest BCUT2D eigenvalue weighted by Gasteiger charge is 2.41.